The molecule has 0 spiro atoms. The number of nitrogens with zero attached hydrogens (tertiary/aromatic N) is 3. The highest BCUT2D eigenvalue weighted by atomic mass is 16.5. The van der Waals surface area contributed by atoms with Crippen molar-refractivity contribution in [1.82, 2.24) is 15.2 Å². The Bertz CT molecular complexity index is 1050. The highest BCUT2D eigenvalue weighted by Gasteiger charge is 2.39. The summed E-state index contributed by atoms with van der Waals surface area (Å²) >= 11 is 0. The quantitative estimate of drug-likeness (QED) is 0.683. The van der Waals surface area contributed by atoms with Crippen molar-refractivity contribution in [2.45, 2.75) is 38.3 Å². The average molecular weight is 449 g/mol. The second-order valence-electron chi connectivity index (χ2n) is 8.92. The molecule has 5 rings (SSSR count). The molecule has 2 saturated heterocycles. The molecular weight excluding hydrogens is 420 g/mol. The van der Waals surface area contributed by atoms with Gasteiger partial charge in [0.25, 0.3) is 11.8 Å². The van der Waals surface area contributed by atoms with Gasteiger partial charge in [-0.1, -0.05) is 12.1 Å². The summed E-state index contributed by atoms with van der Waals surface area (Å²) in [7, 11) is 0. The molecule has 3 aliphatic rings. The molecule has 1 N–H and O–H groups in total. The third-order valence-corrected chi connectivity index (χ3v) is 6.70. The number of rotatable bonds is 6. The maximum atomic E-state index is 13.3. The number of piperidine rings is 1. The van der Waals surface area contributed by atoms with Crippen LogP contribution in [0.25, 0.3) is 0 Å². The van der Waals surface area contributed by atoms with Crippen molar-refractivity contribution < 1.29 is 19.1 Å². The minimum Gasteiger partial charge on any atom is -0.376 e. The lowest BCUT2D eigenvalue weighted by molar-refractivity contribution is -0.125. The van der Waals surface area contributed by atoms with Crippen molar-refractivity contribution in [2.75, 3.05) is 31.1 Å². The number of hydrogen-bond acceptors (Lipinski definition) is 6. The van der Waals surface area contributed by atoms with Gasteiger partial charge in [-0.3, -0.25) is 24.3 Å². The van der Waals surface area contributed by atoms with E-state index in [1.54, 1.807) is 24.5 Å². The fourth-order valence-electron chi connectivity index (χ4n) is 4.97. The zero-order valence-electron chi connectivity index (χ0n) is 18.5. The molecule has 4 heterocycles. The first kappa shape index (κ1) is 21.6. The molecule has 172 valence electrons. The van der Waals surface area contributed by atoms with Crippen LogP contribution in [-0.4, -0.2) is 60.0 Å². The van der Waals surface area contributed by atoms with Crippen molar-refractivity contribution in [1.29, 1.82) is 0 Å². The van der Waals surface area contributed by atoms with Gasteiger partial charge >= 0.3 is 0 Å². The number of amides is 3. The highest BCUT2D eigenvalue weighted by Crippen LogP contribution is 2.34. The average Bonchev–Trinajstić information content (AvgIpc) is 3.46. The fraction of sp³-hybridized carbons (Fsp3) is 0.440. The predicted octanol–water partition coefficient (Wildman–Crippen LogP) is 2.39. The maximum absolute atomic E-state index is 13.3. The van der Waals surface area contributed by atoms with E-state index in [0.29, 0.717) is 24.2 Å². The van der Waals surface area contributed by atoms with Gasteiger partial charge < -0.3 is 15.0 Å². The summed E-state index contributed by atoms with van der Waals surface area (Å²) in [6.07, 6.45) is 7.12. The van der Waals surface area contributed by atoms with Gasteiger partial charge in [0.1, 0.15) is 0 Å². The molecule has 0 radical (unpaired) electrons. The molecule has 2 atom stereocenters. The van der Waals surface area contributed by atoms with Crippen molar-refractivity contribution in [2.24, 2.45) is 5.92 Å². The molecule has 1 aromatic carbocycles. The Hall–Kier alpha value is -3.26. The number of hydrogen-bond donors (Lipinski definition) is 1. The van der Waals surface area contributed by atoms with E-state index in [-0.39, 0.29) is 36.3 Å². The van der Waals surface area contributed by atoms with Gasteiger partial charge in [-0.25, -0.2) is 0 Å². The van der Waals surface area contributed by atoms with E-state index in [0.717, 1.165) is 50.1 Å². The van der Waals surface area contributed by atoms with Crippen molar-refractivity contribution >= 4 is 23.4 Å². The van der Waals surface area contributed by atoms with Gasteiger partial charge in [-0.2, -0.15) is 0 Å². The number of ether oxygens (including phenoxy) is 1. The van der Waals surface area contributed by atoms with E-state index >= 15 is 0 Å². The smallest absolute Gasteiger partial charge is 0.263 e. The van der Waals surface area contributed by atoms with Gasteiger partial charge in [0.05, 0.1) is 35.4 Å². The normalized spacial score (nSPS) is 22.5. The highest BCUT2D eigenvalue weighted by molar-refractivity contribution is 6.23. The first-order chi connectivity index (χ1) is 16.1. The predicted molar refractivity (Wildman–Crippen MR) is 122 cm³/mol. The molecule has 2 aromatic rings. The molecule has 8 nitrogen and oxygen atoms in total. The summed E-state index contributed by atoms with van der Waals surface area (Å²) in [5.74, 6) is -0.707. The van der Waals surface area contributed by atoms with Crippen molar-refractivity contribution in [3.8, 4) is 0 Å². The van der Waals surface area contributed by atoms with Crippen molar-refractivity contribution in [3.05, 3.63) is 59.4 Å². The zero-order valence-corrected chi connectivity index (χ0v) is 18.5. The second-order valence-corrected chi connectivity index (χ2v) is 8.92. The molecule has 0 saturated carbocycles. The van der Waals surface area contributed by atoms with Gasteiger partial charge in [-0.15, -0.1) is 0 Å². The number of imide groups is 1. The van der Waals surface area contributed by atoms with Gasteiger partial charge in [0, 0.05) is 38.6 Å². The van der Waals surface area contributed by atoms with Crippen LogP contribution in [0, 0.1) is 5.92 Å². The Morgan fingerprint density at radius 3 is 2.82 bits per heavy atom. The Balaban J connectivity index is 1.31. The fourth-order valence-corrected chi connectivity index (χ4v) is 4.97. The van der Waals surface area contributed by atoms with Crippen LogP contribution in [0.4, 0.5) is 5.69 Å². The van der Waals surface area contributed by atoms with Crippen LogP contribution in [0.3, 0.4) is 0 Å². The Kier molecular flexibility index (Phi) is 6.09. The molecule has 33 heavy (non-hydrogen) atoms. The second kappa shape index (κ2) is 9.31. The number of nitrogens with one attached hydrogen (secondary N) is 1. The lowest BCUT2D eigenvalue weighted by Gasteiger charge is -2.34. The topological polar surface area (TPSA) is 91.8 Å². The molecule has 8 heteroatoms. The molecule has 0 unspecified atom stereocenters. The van der Waals surface area contributed by atoms with Crippen molar-refractivity contribution in [3.63, 3.8) is 0 Å². The van der Waals surface area contributed by atoms with E-state index < -0.39 is 0 Å². The molecule has 1 aromatic heterocycles. The first-order valence-electron chi connectivity index (χ1n) is 11.6. The van der Waals surface area contributed by atoms with Crippen LogP contribution in [-0.2, 0) is 16.1 Å². The van der Waals surface area contributed by atoms with E-state index in [2.05, 4.69) is 15.2 Å². The van der Waals surface area contributed by atoms with Gasteiger partial charge in [0.2, 0.25) is 5.91 Å². The maximum Gasteiger partial charge on any atom is 0.263 e. The number of carbonyl (C=O) groups is 3. The number of carbonyl (C=O) groups excluding carboxylic acids is 3. The largest absolute Gasteiger partial charge is 0.376 e. The lowest BCUT2D eigenvalue weighted by atomic mass is 9.95. The molecule has 0 bridgehead atoms. The summed E-state index contributed by atoms with van der Waals surface area (Å²) in [6.45, 7) is 2.77. The third kappa shape index (κ3) is 4.35. The standard InChI is InChI=1S/C25H28N4O4/c30-23(27-14-19-7-4-12-33-19)18-6-3-11-28(16-18)21-9-1-8-20-22(21)25(32)29(24(20)31)15-17-5-2-10-26-13-17/h1-2,5,8-10,13,18-19H,3-4,6-7,11-12,14-16H2,(H,27,30)/t18-,19+/m0/s1. The van der Waals surface area contributed by atoms with Crippen LogP contribution in [0.2, 0.25) is 0 Å². The van der Waals surface area contributed by atoms with Gasteiger partial charge in [-0.05, 0) is 49.4 Å². The van der Waals surface area contributed by atoms with Crippen LogP contribution < -0.4 is 10.2 Å². The summed E-state index contributed by atoms with van der Waals surface area (Å²) in [5, 5.41) is 3.04. The Morgan fingerprint density at radius 2 is 2.03 bits per heavy atom. The summed E-state index contributed by atoms with van der Waals surface area (Å²) in [5.41, 5.74) is 2.39. The summed E-state index contributed by atoms with van der Waals surface area (Å²) in [6, 6.07) is 9.04. The first-order valence-corrected chi connectivity index (χ1v) is 11.6. The number of pyridine rings is 1. The number of aromatic nitrogens is 1. The third-order valence-electron chi connectivity index (χ3n) is 6.70. The molecule has 2 fully saturated rings. The van der Waals surface area contributed by atoms with Crippen LogP contribution in [0.15, 0.2) is 42.7 Å². The number of benzene rings is 1. The van der Waals surface area contributed by atoms with E-state index in [1.807, 2.05) is 18.2 Å². The van der Waals surface area contributed by atoms with E-state index in [1.165, 1.54) is 4.90 Å². The van der Waals surface area contributed by atoms with E-state index in [9.17, 15) is 14.4 Å². The SMILES string of the molecule is O=C(NC[C@H]1CCCO1)[C@H]1CCCN(c2cccc3c2C(=O)N(Cc2cccnc2)C3=O)C1. The minimum atomic E-state index is -0.292. The van der Waals surface area contributed by atoms with Crippen LogP contribution in [0.1, 0.15) is 52.0 Å². The van der Waals surface area contributed by atoms with E-state index in [4.69, 9.17) is 4.74 Å². The minimum absolute atomic E-state index is 0.0309. The number of fused-ring (bicyclic) bond motifs is 1. The molecule has 0 aliphatic carbocycles. The molecular formula is C25H28N4O4. The van der Waals surface area contributed by atoms with Gasteiger partial charge in [0.15, 0.2) is 0 Å². The summed E-state index contributed by atoms with van der Waals surface area (Å²) in [4.78, 5) is 46.6. The molecule has 3 aliphatic heterocycles. The van der Waals surface area contributed by atoms with Crippen LogP contribution >= 0.6 is 0 Å². The molecule has 3 amide bonds. The summed E-state index contributed by atoms with van der Waals surface area (Å²) < 4.78 is 5.60. The lowest BCUT2D eigenvalue weighted by Crippen LogP contribution is -2.45. The van der Waals surface area contributed by atoms with Crippen LogP contribution in [0.5, 0.6) is 0 Å². The monoisotopic (exact) mass is 448 g/mol. The number of anilines is 1. The zero-order chi connectivity index (χ0) is 22.8. The Morgan fingerprint density at radius 1 is 1.12 bits per heavy atom. The Labute approximate surface area is 192 Å².